The Morgan fingerprint density at radius 1 is 1.14 bits per heavy atom. The Morgan fingerprint density at radius 3 is 2.52 bits per heavy atom. The third-order valence-electron chi connectivity index (χ3n) is 5.59. The minimum Gasteiger partial charge on any atom is -0.329 e. The Hall–Kier alpha value is -0.710. The van der Waals surface area contributed by atoms with Gasteiger partial charge in [0.15, 0.2) is 0 Å². The van der Waals surface area contributed by atoms with Gasteiger partial charge in [-0.15, -0.1) is 0 Å². The lowest BCUT2D eigenvalue weighted by Crippen LogP contribution is -2.64. The van der Waals surface area contributed by atoms with E-state index < -0.39 is 0 Å². The van der Waals surface area contributed by atoms with Gasteiger partial charge in [0.25, 0.3) is 0 Å². The number of piperazine rings is 1. The maximum absolute atomic E-state index is 12.8. The lowest BCUT2D eigenvalue weighted by Gasteiger charge is -2.46. The van der Waals surface area contributed by atoms with E-state index in [1.807, 2.05) is 28.5 Å². The molecule has 2 unspecified atom stereocenters. The van der Waals surface area contributed by atoms with Crippen molar-refractivity contribution in [3.05, 3.63) is 0 Å². The van der Waals surface area contributed by atoms with Gasteiger partial charge in [0.05, 0.1) is 0 Å². The summed E-state index contributed by atoms with van der Waals surface area (Å²) in [7, 11) is 0. The zero-order chi connectivity index (χ0) is 15.0. The molecule has 2 heterocycles. The van der Waals surface area contributed by atoms with Crippen molar-refractivity contribution in [2.24, 2.45) is 0 Å². The van der Waals surface area contributed by atoms with Crippen LogP contribution in [0.25, 0.3) is 0 Å². The second kappa shape index (κ2) is 5.82. The van der Waals surface area contributed by atoms with Crippen molar-refractivity contribution in [1.29, 1.82) is 0 Å². The maximum atomic E-state index is 12.8. The highest BCUT2D eigenvalue weighted by Crippen LogP contribution is 2.40. The van der Waals surface area contributed by atoms with Gasteiger partial charge in [0, 0.05) is 17.8 Å². The van der Waals surface area contributed by atoms with Crippen LogP contribution in [-0.4, -0.2) is 57.8 Å². The van der Waals surface area contributed by atoms with Crippen LogP contribution in [0.4, 0.5) is 0 Å². The summed E-state index contributed by atoms with van der Waals surface area (Å²) < 4.78 is 0.170. The van der Waals surface area contributed by atoms with Gasteiger partial charge in [-0.1, -0.05) is 19.3 Å². The summed E-state index contributed by atoms with van der Waals surface area (Å²) in [5.74, 6) is 0.350. The van der Waals surface area contributed by atoms with E-state index in [0.717, 1.165) is 25.9 Å². The Kier molecular flexibility index (Phi) is 4.21. The summed E-state index contributed by atoms with van der Waals surface area (Å²) in [5, 5.41) is 0. The minimum absolute atomic E-state index is 0.157. The van der Waals surface area contributed by atoms with E-state index in [4.69, 9.17) is 0 Å². The average Bonchev–Trinajstić information content (AvgIpc) is 3.00. The monoisotopic (exact) mass is 310 g/mol. The molecule has 5 heteroatoms. The number of fused-ring (bicyclic) bond motifs is 1. The number of nitrogens with zero attached hydrogens (tertiary/aromatic N) is 2. The molecule has 0 radical (unpaired) electrons. The van der Waals surface area contributed by atoms with Gasteiger partial charge in [0.1, 0.15) is 12.1 Å². The van der Waals surface area contributed by atoms with Crippen molar-refractivity contribution in [3.63, 3.8) is 0 Å². The number of thioether (sulfide) groups is 1. The molecule has 3 aliphatic rings. The summed E-state index contributed by atoms with van der Waals surface area (Å²) in [6.07, 6.45) is 10.1. The molecule has 118 valence electrons. The molecule has 2 saturated heterocycles. The van der Waals surface area contributed by atoms with Gasteiger partial charge in [-0.25, -0.2) is 0 Å². The number of hydrogen-bond acceptors (Lipinski definition) is 3. The molecule has 21 heavy (non-hydrogen) atoms. The molecule has 1 aliphatic carbocycles. The molecule has 2 aliphatic heterocycles. The van der Waals surface area contributed by atoms with Gasteiger partial charge in [-0.3, -0.25) is 9.59 Å². The molecular weight excluding hydrogens is 284 g/mol. The van der Waals surface area contributed by atoms with Crippen molar-refractivity contribution < 1.29 is 9.59 Å². The van der Waals surface area contributed by atoms with E-state index in [1.165, 1.54) is 32.1 Å². The summed E-state index contributed by atoms with van der Waals surface area (Å²) >= 11 is 1.90. The number of carbonyl (C=O) groups is 2. The highest BCUT2D eigenvalue weighted by atomic mass is 32.2. The second-order valence-electron chi connectivity index (χ2n) is 6.78. The molecule has 0 aromatic carbocycles. The number of carbonyl (C=O) groups excluding carboxylic acids is 2. The molecule has 0 spiro atoms. The maximum Gasteiger partial charge on any atom is 0.246 e. The first-order valence-electron chi connectivity index (χ1n) is 8.24. The number of rotatable bonds is 3. The van der Waals surface area contributed by atoms with E-state index in [2.05, 4.69) is 6.26 Å². The van der Waals surface area contributed by atoms with E-state index in [9.17, 15) is 9.59 Å². The van der Waals surface area contributed by atoms with Crippen molar-refractivity contribution in [2.45, 2.75) is 68.7 Å². The largest absolute Gasteiger partial charge is 0.329 e. The van der Waals surface area contributed by atoms with Gasteiger partial charge in [-0.05, 0) is 38.9 Å². The number of hydrogen-bond donors (Lipinski definition) is 0. The summed E-state index contributed by atoms with van der Waals surface area (Å²) in [6, 6.07) is -0.450. The first-order valence-corrected chi connectivity index (χ1v) is 9.47. The van der Waals surface area contributed by atoms with Crippen LogP contribution in [0.5, 0.6) is 0 Å². The van der Waals surface area contributed by atoms with Crippen LogP contribution in [-0.2, 0) is 9.59 Å². The van der Waals surface area contributed by atoms with Crippen LogP contribution < -0.4 is 0 Å². The van der Waals surface area contributed by atoms with Crippen molar-refractivity contribution >= 4 is 23.6 Å². The van der Waals surface area contributed by atoms with E-state index in [0.29, 0.717) is 0 Å². The van der Waals surface area contributed by atoms with E-state index >= 15 is 0 Å². The highest BCUT2D eigenvalue weighted by Gasteiger charge is 2.48. The van der Waals surface area contributed by atoms with Crippen molar-refractivity contribution in [3.8, 4) is 0 Å². The Balaban J connectivity index is 1.79. The van der Waals surface area contributed by atoms with Gasteiger partial charge in [-0.2, -0.15) is 11.8 Å². The molecule has 2 atom stereocenters. The minimum atomic E-state index is -0.280. The van der Waals surface area contributed by atoms with Gasteiger partial charge in [0.2, 0.25) is 11.8 Å². The number of amides is 2. The molecule has 0 N–H and O–H groups in total. The first kappa shape index (κ1) is 15.2. The van der Waals surface area contributed by atoms with E-state index in [1.54, 1.807) is 0 Å². The Bertz CT molecular complexity index is 434. The molecule has 4 nitrogen and oxygen atoms in total. The first-order chi connectivity index (χ1) is 10.1. The smallest absolute Gasteiger partial charge is 0.246 e. The normalized spacial score (nSPS) is 32.5. The lowest BCUT2D eigenvalue weighted by molar-refractivity contribution is -0.159. The topological polar surface area (TPSA) is 40.6 Å². The quantitative estimate of drug-likeness (QED) is 0.803. The molecule has 1 saturated carbocycles. The third-order valence-corrected chi connectivity index (χ3v) is 6.99. The van der Waals surface area contributed by atoms with Gasteiger partial charge < -0.3 is 9.80 Å². The molecule has 0 bridgehead atoms. The molecular formula is C16H26N2O2S. The molecule has 3 fully saturated rings. The molecule has 0 aromatic heterocycles. The fourth-order valence-corrected chi connectivity index (χ4v) is 5.16. The van der Waals surface area contributed by atoms with Crippen molar-refractivity contribution in [1.82, 2.24) is 9.80 Å². The van der Waals surface area contributed by atoms with Crippen LogP contribution >= 0.6 is 11.8 Å². The van der Waals surface area contributed by atoms with Crippen LogP contribution in [0.1, 0.15) is 51.9 Å². The lowest BCUT2D eigenvalue weighted by atomic mass is 9.87. The van der Waals surface area contributed by atoms with Gasteiger partial charge >= 0.3 is 0 Å². The van der Waals surface area contributed by atoms with Crippen LogP contribution in [0.2, 0.25) is 0 Å². The van der Waals surface area contributed by atoms with Crippen LogP contribution in [0, 0.1) is 0 Å². The SMILES string of the molecule is CSC1(CN2C(=O)C3CCCN3C(=O)C2C)CCCCC1. The predicted octanol–water partition coefficient (Wildman–Crippen LogP) is 2.27. The Morgan fingerprint density at radius 2 is 1.86 bits per heavy atom. The second-order valence-corrected chi connectivity index (χ2v) is 8.05. The third kappa shape index (κ3) is 2.58. The standard InChI is InChI=1S/C16H26N2O2S/c1-12-14(19)17-10-6-7-13(17)15(20)18(12)11-16(21-2)8-4-3-5-9-16/h12-13H,3-11H2,1-2H3. The fraction of sp³-hybridized carbons (Fsp3) is 0.875. The molecule has 0 aromatic rings. The fourth-order valence-electron chi connectivity index (χ4n) is 4.19. The van der Waals surface area contributed by atoms with E-state index in [-0.39, 0.29) is 28.6 Å². The summed E-state index contributed by atoms with van der Waals surface area (Å²) in [5.41, 5.74) is 0. The zero-order valence-corrected chi connectivity index (χ0v) is 14.0. The average molecular weight is 310 g/mol. The summed E-state index contributed by atoms with van der Waals surface area (Å²) in [6.45, 7) is 3.43. The van der Waals surface area contributed by atoms with Crippen LogP contribution in [0.15, 0.2) is 0 Å². The zero-order valence-electron chi connectivity index (χ0n) is 13.1. The Labute approximate surface area is 131 Å². The molecule has 2 amide bonds. The predicted molar refractivity (Wildman–Crippen MR) is 85.2 cm³/mol. The van der Waals surface area contributed by atoms with Crippen LogP contribution in [0.3, 0.4) is 0 Å². The van der Waals surface area contributed by atoms with Crippen molar-refractivity contribution in [2.75, 3.05) is 19.3 Å². The summed E-state index contributed by atoms with van der Waals surface area (Å²) in [4.78, 5) is 29.1. The highest BCUT2D eigenvalue weighted by molar-refractivity contribution is 8.00. The molecule has 3 rings (SSSR count).